The summed E-state index contributed by atoms with van der Waals surface area (Å²) >= 11 is 7.32. The Morgan fingerprint density at radius 3 is 2.54 bits per heavy atom. The van der Waals surface area contributed by atoms with E-state index in [9.17, 15) is 9.59 Å². The van der Waals surface area contributed by atoms with E-state index in [1.807, 2.05) is 0 Å². The molecular formula is C20H26ClN4O2S+. The number of urea groups is 1. The predicted octanol–water partition coefficient (Wildman–Crippen LogP) is 4.30. The van der Waals surface area contributed by atoms with E-state index in [2.05, 4.69) is 31.5 Å². The van der Waals surface area contributed by atoms with E-state index in [-0.39, 0.29) is 0 Å². The normalized spacial score (nSPS) is 18.6. The molecule has 0 saturated heterocycles. The number of thiophene rings is 1. The minimum Gasteiger partial charge on any atom is -0.365 e. The first-order valence-electron chi connectivity index (χ1n) is 9.28. The second kappa shape index (κ2) is 8.11. The van der Waals surface area contributed by atoms with Crippen LogP contribution in [0.2, 0.25) is 5.02 Å². The van der Waals surface area contributed by atoms with Crippen LogP contribution in [0.15, 0.2) is 24.3 Å². The van der Waals surface area contributed by atoms with Crippen molar-refractivity contribution in [3.63, 3.8) is 0 Å². The van der Waals surface area contributed by atoms with Gasteiger partial charge in [-0.25, -0.2) is 4.79 Å². The molecule has 0 saturated carbocycles. The monoisotopic (exact) mass is 421 g/mol. The maximum Gasteiger partial charge on any atom is 0.324 e. The largest absolute Gasteiger partial charge is 0.365 e. The van der Waals surface area contributed by atoms with E-state index in [0.717, 1.165) is 41.0 Å². The van der Waals surface area contributed by atoms with Gasteiger partial charge in [0, 0.05) is 23.0 Å². The molecule has 150 valence electrons. The maximum atomic E-state index is 12.4. The van der Waals surface area contributed by atoms with E-state index < -0.39 is 11.9 Å². The van der Waals surface area contributed by atoms with Crippen molar-refractivity contribution in [2.75, 3.05) is 30.8 Å². The van der Waals surface area contributed by atoms with Gasteiger partial charge in [0.1, 0.15) is 11.5 Å². The highest BCUT2D eigenvalue weighted by Gasteiger charge is 2.35. The number of carbonyl (C=O) groups excluding carboxylic acids is 2. The van der Waals surface area contributed by atoms with Crippen LogP contribution in [0.25, 0.3) is 0 Å². The number of nitrogens with two attached hydrogens (primary N) is 1. The lowest BCUT2D eigenvalue weighted by Crippen LogP contribution is -2.49. The van der Waals surface area contributed by atoms with Crippen molar-refractivity contribution < 1.29 is 14.1 Å². The summed E-state index contributed by atoms with van der Waals surface area (Å²) in [6.45, 7) is 7.31. The molecule has 6 nitrogen and oxygen atoms in total. The first-order valence-corrected chi connectivity index (χ1v) is 10.5. The van der Waals surface area contributed by atoms with Crippen LogP contribution in [0.1, 0.15) is 34.6 Å². The van der Waals surface area contributed by atoms with Crippen molar-refractivity contribution in [3.8, 4) is 0 Å². The number of likely N-dealkylation sites (N-methyl/N-ethyl adjacent to an activating group) is 1. The molecule has 3 rings (SSSR count). The third kappa shape index (κ3) is 4.66. The maximum absolute atomic E-state index is 12.4. The first-order chi connectivity index (χ1) is 13.2. The van der Waals surface area contributed by atoms with Crippen LogP contribution in [0, 0.1) is 5.92 Å². The molecule has 8 heteroatoms. The number of halogens is 1. The van der Waals surface area contributed by atoms with Gasteiger partial charge in [-0.05, 0) is 29.8 Å². The van der Waals surface area contributed by atoms with Gasteiger partial charge in [0.2, 0.25) is 0 Å². The molecule has 1 atom stereocenters. The minimum atomic E-state index is -0.501. The van der Waals surface area contributed by atoms with Crippen molar-refractivity contribution in [2.45, 2.75) is 26.8 Å². The van der Waals surface area contributed by atoms with Crippen LogP contribution in [0.5, 0.6) is 0 Å². The summed E-state index contributed by atoms with van der Waals surface area (Å²) < 4.78 is 0.930. The van der Waals surface area contributed by atoms with Gasteiger partial charge in [0.25, 0.3) is 5.91 Å². The zero-order valence-corrected chi connectivity index (χ0v) is 17.9. The smallest absolute Gasteiger partial charge is 0.324 e. The second-order valence-corrected chi connectivity index (χ2v) is 9.53. The molecular weight excluding hydrogens is 396 g/mol. The average molecular weight is 422 g/mol. The summed E-state index contributed by atoms with van der Waals surface area (Å²) in [5.74, 6) is 0.0872. The molecule has 3 amide bonds. The summed E-state index contributed by atoms with van der Waals surface area (Å²) in [7, 11) is 2.24. The highest BCUT2D eigenvalue weighted by atomic mass is 35.5. The molecule has 0 spiro atoms. The van der Waals surface area contributed by atoms with Crippen LogP contribution < -0.4 is 16.4 Å². The number of rotatable bonds is 5. The van der Waals surface area contributed by atoms with Crippen LogP contribution in [-0.2, 0) is 13.0 Å². The number of amides is 3. The van der Waals surface area contributed by atoms with Gasteiger partial charge in [0.15, 0.2) is 0 Å². The van der Waals surface area contributed by atoms with Crippen molar-refractivity contribution in [2.24, 2.45) is 11.7 Å². The molecule has 1 unspecified atom stereocenters. The number of primary amides is 1. The number of quaternary nitrogens is 1. The topological polar surface area (TPSA) is 84.2 Å². The Balaban J connectivity index is 1.81. The molecule has 0 fully saturated rings. The number of fused-ring (bicyclic) bond motifs is 1. The Bertz CT molecular complexity index is 894. The lowest BCUT2D eigenvalue weighted by atomic mass is 9.99. The lowest BCUT2D eigenvalue weighted by Gasteiger charge is -2.39. The molecule has 4 N–H and O–H groups in total. The zero-order valence-electron chi connectivity index (χ0n) is 16.3. The molecule has 0 bridgehead atoms. The number of carbonyl (C=O) groups is 2. The van der Waals surface area contributed by atoms with E-state index >= 15 is 0 Å². The predicted molar refractivity (Wildman–Crippen MR) is 115 cm³/mol. The van der Waals surface area contributed by atoms with E-state index in [1.54, 1.807) is 24.3 Å². The summed E-state index contributed by atoms with van der Waals surface area (Å²) in [6, 6.07) is 6.41. The van der Waals surface area contributed by atoms with Gasteiger partial charge in [-0.3, -0.25) is 10.1 Å². The molecule has 2 aromatic rings. The molecule has 1 aromatic heterocycles. The first kappa shape index (κ1) is 20.6. The molecule has 1 aliphatic rings. The Labute approximate surface area is 174 Å². The van der Waals surface area contributed by atoms with Crippen molar-refractivity contribution in [3.05, 3.63) is 45.3 Å². The Kier molecular flexibility index (Phi) is 5.98. The average Bonchev–Trinajstić information content (AvgIpc) is 2.92. The lowest BCUT2D eigenvalue weighted by molar-refractivity contribution is -0.926. The quantitative estimate of drug-likeness (QED) is 0.628. The van der Waals surface area contributed by atoms with Gasteiger partial charge in [0.05, 0.1) is 30.6 Å². The fourth-order valence-corrected chi connectivity index (χ4v) is 5.44. The van der Waals surface area contributed by atoms with Gasteiger partial charge in [-0.1, -0.05) is 25.4 Å². The Morgan fingerprint density at radius 2 is 1.93 bits per heavy atom. The standard InChI is InChI=1S/C20H25ClN4O2S/c1-12(2)10-25(3)9-8-15-16(11-25)28-19(17(15)18(22)26)24-20(27)23-14-6-4-13(21)5-7-14/h4-7,12H,8-11H2,1-3H3,(H3-,22,23,24,26,27)/p+1. The van der Waals surface area contributed by atoms with Crippen molar-refractivity contribution >= 4 is 45.6 Å². The highest BCUT2D eigenvalue weighted by Crippen LogP contribution is 2.39. The summed E-state index contributed by atoms with van der Waals surface area (Å²) in [4.78, 5) is 25.7. The summed E-state index contributed by atoms with van der Waals surface area (Å²) in [6.07, 6.45) is 0.786. The third-order valence-corrected chi connectivity index (χ3v) is 6.28. The second-order valence-electron chi connectivity index (χ2n) is 7.99. The number of nitrogens with zero attached hydrogens (tertiary/aromatic N) is 1. The Morgan fingerprint density at radius 1 is 1.25 bits per heavy atom. The van der Waals surface area contributed by atoms with Crippen molar-refractivity contribution in [1.29, 1.82) is 0 Å². The minimum absolute atomic E-state index is 0.414. The molecule has 1 aliphatic heterocycles. The molecule has 28 heavy (non-hydrogen) atoms. The SMILES string of the molecule is CC(C)C[N+]1(C)CCc2c(sc(NC(=O)Nc3ccc(Cl)cc3)c2C(N)=O)C1. The number of anilines is 2. The summed E-state index contributed by atoms with van der Waals surface area (Å²) in [5.41, 5.74) is 7.70. The number of nitrogens with one attached hydrogen (secondary N) is 2. The number of hydrogen-bond donors (Lipinski definition) is 3. The van der Waals surface area contributed by atoms with E-state index in [1.165, 1.54) is 11.3 Å². The third-order valence-electron chi connectivity index (χ3n) is 4.90. The fourth-order valence-electron chi connectivity index (χ4n) is 3.90. The van der Waals surface area contributed by atoms with Gasteiger partial charge >= 0.3 is 6.03 Å². The van der Waals surface area contributed by atoms with E-state index in [4.69, 9.17) is 17.3 Å². The van der Waals surface area contributed by atoms with E-state index in [0.29, 0.717) is 27.2 Å². The van der Waals surface area contributed by atoms with Crippen LogP contribution in [0.3, 0.4) is 0 Å². The van der Waals surface area contributed by atoms with Crippen LogP contribution >= 0.6 is 22.9 Å². The summed E-state index contributed by atoms with van der Waals surface area (Å²) in [5, 5.41) is 6.67. The molecule has 2 heterocycles. The Hall–Kier alpha value is -2.09. The van der Waals surface area contributed by atoms with Crippen LogP contribution in [-0.4, -0.2) is 36.6 Å². The molecule has 0 aliphatic carbocycles. The molecule has 1 aromatic carbocycles. The van der Waals surface area contributed by atoms with Crippen molar-refractivity contribution in [1.82, 2.24) is 0 Å². The number of benzene rings is 1. The van der Waals surface area contributed by atoms with Gasteiger partial charge in [-0.15, -0.1) is 11.3 Å². The van der Waals surface area contributed by atoms with Gasteiger partial charge < -0.3 is 15.5 Å². The highest BCUT2D eigenvalue weighted by molar-refractivity contribution is 7.17. The number of hydrogen-bond acceptors (Lipinski definition) is 3. The zero-order chi connectivity index (χ0) is 20.5. The molecule has 0 radical (unpaired) electrons. The van der Waals surface area contributed by atoms with Gasteiger partial charge in [-0.2, -0.15) is 0 Å². The fraction of sp³-hybridized carbons (Fsp3) is 0.400. The van der Waals surface area contributed by atoms with Crippen LogP contribution in [0.4, 0.5) is 15.5 Å².